The predicted molar refractivity (Wildman–Crippen MR) is 77.3 cm³/mol. The molecule has 2 rings (SSSR count). The third-order valence-electron chi connectivity index (χ3n) is 3.10. The van der Waals surface area contributed by atoms with Crippen molar-refractivity contribution in [2.45, 2.75) is 33.5 Å². The van der Waals surface area contributed by atoms with Crippen LogP contribution in [0.3, 0.4) is 0 Å². The summed E-state index contributed by atoms with van der Waals surface area (Å²) in [7, 11) is 0. The van der Waals surface area contributed by atoms with Crippen LogP contribution in [0.4, 0.5) is 4.39 Å². The van der Waals surface area contributed by atoms with Crippen LogP contribution in [-0.4, -0.2) is 5.11 Å². The van der Waals surface area contributed by atoms with Crippen molar-refractivity contribution in [3.63, 3.8) is 0 Å². The number of benzene rings is 2. The Hall–Kier alpha value is -1.87. The fourth-order valence-electron chi connectivity index (χ4n) is 2.29. The van der Waals surface area contributed by atoms with E-state index in [0.29, 0.717) is 17.9 Å². The number of hydrogen-bond acceptors (Lipinski definition) is 2. The quantitative estimate of drug-likeness (QED) is 0.910. The molecule has 0 radical (unpaired) electrons. The van der Waals surface area contributed by atoms with Gasteiger partial charge in [0.05, 0.1) is 6.10 Å². The number of rotatable bonds is 4. The number of halogens is 1. The molecule has 2 aromatic carbocycles. The van der Waals surface area contributed by atoms with Crippen molar-refractivity contribution in [3.05, 3.63) is 64.5 Å². The first-order valence-corrected chi connectivity index (χ1v) is 6.63. The van der Waals surface area contributed by atoms with Crippen LogP contribution >= 0.6 is 0 Å². The van der Waals surface area contributed by atoms with Crippen LogP contribution in [0.2, 0.25) is 0 Å². The van der Waals surface area contributed by atoms with Crippen molar-refractivity contribution in [2.75, 3.05) is 0 Å². The van der Waals surface area contributed by atoms with Gasteiger partial charge in [-0.05, 0) is 38.5 Å². The Labute approximate surface area is 118 Å². The second-order valence-corrected chi connectivity index (χ2v) is 5.14. The van der Waals surface area contributed by atoms with Gasteiger partial charge in [0.1, 0.15) is 18.2 Å². The van der Waals surface area contributed by atoms with Crippen molar-refractivity contribution in [1.29, 1.82) is 0 Å². The first kappa shape index (κ1) is 14.5. The van der Waals surface area contributed by atoms with E-state index in [-0.39, 0.29) is 5.82 Å². The largest absolute Gasteiger partial charge is 0.488 e. The molecule has 3 heteroatoms. The molecule has 0 amide bonds. The van der Waals surface area contributed by atoms with Crippen LogP contribution in [0.5, 0.6) is 5.75 Å². The molecule has 106 valence electrons. The van der Waals surface area contributed by atoms with Crippen LogP contribution < -0.4 is 4.74 Å². The molecule has 0 spiro atoms. The maximum atomic E-state index is 13.3. The maximum Gasteiger partial charge on any atom is 0.128 e. The third kappa shape index (κ3) is 3.58. The molecule has 0 aliphatic carbocycles. The molecule has 0 heterocycles. The standard InChI is InChI=1S/C17H19FO2/c1-11-6-12(2)8-14(7-11)10-20-17-9-15(18)4-5-16(17)13(3)19/h4-9,13,19H,10H2,1-3H3. The summed E-state index contributed by atoms with van der Waals surface area (Å²) in [6.07, 6.45) is -0.690. The van der Waals surface area contributed by atoms with Crippen LogP contribution in [0, 0.1) is 19.7 Å². The first-order chi connectivity index (χ1) is 9.45. The Morgan fingerprint density at radius 3 is 2.35 bits per heavy atom. The molecule has 2 aromatic rings. The summed E-state index contributed by atoms with van der Waals surface area (Å²) in [6, 6.07) is 10.4. The second-order valence-electron chi connectivity index (χ2n) is 5.14. The second kappa shape index (κ2) is 6.06. The van der Waals surface area contributed by atoms with E-state index in [1.807, 2.05) is 26.0 Å². The summed E-state index contributed by atoms with van der Waals surface area (Å²) >= 11 is 0. The Balaban J connectivity index is 2.20. The Kier molecular flexibility index (Phi) is 4.40. The SMILES string of the molecule is Cc1cc(C)cc(COc2cc(F)ccc2C(C)O)c1. The lowest BCUT2D eigenvalue weighted by Crippen LogP contribution is -2.02. The summed E-state index contributed by atoms with van der Waals surface area (Å²) < 4.78 is 19.0. The number of aryl methyl sites for hydroxylation is 2. The highest BCUT2D eigenvalue weighted by molar-refractivity contribution is 5.36. The van der Waals surface area contributed by atoms with E-state index in [9.17, 15) is 9.50 Å². The smallest absolute Gasteiger partial charge is 0.128 e. The van der Waals surface area contributed by atoms with E-state index in [1.54, 1.807) is 13.0 Å². The molecule has 1 unspecified atom stereocenters. The molecule has 0 fully saturated rings. The summed E-state index contributed by atoms with van der Waals surface area (Å²) in [6.45, 7) is 6.04. The van der Waals surface area contributed by atoms with Gasteiger partial charge < -0.3 is 9.84 Å². The Morgan fingerprint density at radius 2 is 1.75 bits per heavy atom. The monoisotopic (exact) mass is 274 g/mol. The van der Waals surface area contributed by atoms with Crippen LogP contribution in [0.1, 0.15) is 35.3 Å². The van der Waals surface area contributed by atoms with Gasteiger partial charge in [0.25, 0.3) is 0 Å². The Morgan fingerprint density at radius 1 is 1.10 bits per heavy atom. The summed E-state index contributed by atoms with van der Waals surface area (Å²) in [5.41, 5.74) is 3.95. The lowest BCUT2D eigenvalue weighted by atomic mass is 10.1. The minimum Gasteiger partial charge on any atom is -0.488 e. The topological polar surface area (TPSA) is 29.5 Å². The van der Waals surface area contributed by atoms with Gasteiger partial charge in [-0.15, -0.1) is 0 Å². The van der Waals surface area contributed by atoms with Gasteiger partial charge in [0.15, 0.2) is 0 Å². The van der Waals surface area contributed by atoms with Crippen molar-refractivity contribution in [3.8, 4) is 5.75 Å². The Bertz CT molecular complexity index is 586. The van der Waals surface area contributed by atoms with E-state index in [0.717, 1.165) is 5.56 Å². The van der Waals surface area contributed by atoms with Crippen LogP contribution in [-0.2, 0) is 6.61 Å². The number of aliphatic hydroxyl groups excluding tert-OH is 1. The van der Waals surface area contributed by atoms with E-state index < -0.39 is 6.10 Å². The average molecular weight is 274 g/mol. The third-order valence-corrected chi connectivity index (χ3v) is 3.10. The van der Waals surface area contributed by atoms with Gasteiger partial charge in [-0.25, -0.2) is 4.39 Å². The van der Waals surface area contributed by atoms with E-state index >= 15 is 0 Å². The zero-order valence-electron chi connectivity index (χ0n) is 12.0. The minimum absolute atomic E-state index is 0.353. The molecule has 2 nitrogen and oxygen atoms in total. The van der Waals surface area contributed by atoms with Gasteiger partial charge in [0, 0.05) is 11.6 Å². The van der Waals surface area contributed by atoms with Gasteiger partial charge in [0.2, 0.25) is 0 Å². The highest BCUT2D eigenvalue weighted by atomic mass is 19.1. The van der Waals surface area contributed by atoms with Crippen molar-refractivity contribution in [2.24, 2.45) is 0 Å². The number of hydrogen-bond donors (Lipinski definition) is 1. The highest BCUT2D eigenvalue weighted by Crippen LogP contribution is 2.27. The van der Waals surface area contributed by atoms with Gasteiger partial charge in [-0.2, -0.15) is 0 Å². The maximum absolute atomic E-state index is 13.3. The molecule has 0 saturated heterocycles. The zero-order valence-corrected chi connectivity index (χ0v) is 12.0. The molecule has 0 bridgehead atoms. The van der Waals surface area contributed by atoms with Gasteiger partial charge in [-0.1, -0.05) is 29.3 Å². The normalized spacial score (nSPS) is 12.2. The summed E-state index contributed by atoms with van der Waals surface area (Å²) in [5, 5.41) is 9.68. The molecule has 0 aliphatic rings. The van der Waals surface area contributed by atoms with E-state index in [2.05, 4.69) is 6.07 Å². The zero-order chi connectivity index (χ0) is 14.7. The molecule has 1 N–H and O–H groups in total. The summed E-state index contributed by atoms with van der Waals surface area (Å²) in [4.78, 5) is 0. The van der Waals surface area contributed by atoms with Gasteiger partial charge in [-0.3, -0.25) is 0 Å². The first-order valence-electron chi connectivity index (χ1n) is 6.63. The number of ether oxygens (including phenoxy) is 1. The molecule has 0 saturated carbocycles. The fourth-order valence-corrected chi connectivity index (χ4v) is 2.29. The molecular weight excluding hydrogens is 255 g/mol. The van der Waals surface area contributed by atoms with Crippen LogP contribution in [0.25, 0.3) is 0 Å². The lowest BCUT2D eigenvalue weighted by molar-refractivity contribution is 0.190. The highest BCUT2D eigenvalue weighted by Gasteiger charge is 2.10. The van der Waals surface area contributed by atoms with Crippen molar-refractivity contribution < 1.29 is 14.2 Å². The van der Waals surface area contributed by atoms with Crippen molar-refractivity contribution >= 4 is 0 Å². The van der Waals surface area contributed by atoms with Gasteiger partial charge >= 0.3 is 0 Å². The average Bonchev–Trinajstić information content (AvgIpc) is 2.35. The number of aliphatic hydroxyl groups is 1. The predicted octanol–water partition coefficient (Wildman–Crippen LogP) is 4.07. The van der Waals surface area contributed by atoms with E-state index in [1.165, 1.54) is 23.3 Å². The minimum atomic E-state index is -0.690. The fraction of sp³-hybridized carbons (Fsp3) is 0.294. The van der Waals surface area contributed by atoms with Crippen LogP contribution in [0.15, 0.2) is 36.4 Å². The molecule has 0 aromatic heterocycles. The molecule has 1 atom stereocenters. The lowest BCUT2D eigenvalue weighted by Gasteiger charge is -2.14. The van der Waals surface area contributed by atoms with Crippen molar-refractivity contribution in [1.82, 2.24) is 0 Å². The molecule has 20 heavy (non-hydrogen) atoms. The summed E-state index contributed by atoms with van der Waals surface area (Å²) in [5.74, 6) is 0.0176. The molecular formula is C17H19FO2. The van der Waals surface area contributed by atoms with E-state index in [4.69, 9.17) is 4.74 Å². The molecule has 0 aliphatic heterocycles.